The number of hydrogen-bond acceptors (Lipinski definition) is 5. The first kappa shape index (κ1) is 25.7. The van der Waals surface area contributed by atoms with Crippen LogP contribution in [0.5, 0.6) is 11.5 Å². The zero-order chi connectivity index (χ0) is 25.7. The number of nitrogens with one attached hydrogen (secondary N) is 1. The number of benzene rings is 3. The van der Waals surface area contributed by atoms with Gasteiger partial charge in [0.25, 0.3) is 11.8 Å². The minimum absolute atomic E-state index is 0.187. The van der Waals surface area contributed by atoms with E-state index in [4.69, 9.17) is 9.47 Å². The van der Waals surface area contributed by atoms with Crippen LogP contribution < -0.4 is 19.7 Å². The number of carbonyl (C=O) groups excluding carboxylic acids is 3. The molecule has 0 radical (unpaired) electrons. The molecule has 0 atom stereocenters. The molecule has 0 bridgehead atoms. The number of amides is 4. The van der Waals surface area contributed by atoms with Gasteiger partial charge in [0.15, 0.2) is 0 Å². The third-order valence-electron chi connectivity index (χ3n) is 5.25. The fraction of sp³-hybridized carbons (Fsp3) is 0.148. The number of ether oxygens (including phenoxy) is 2. The van der Waals surface area contributed by atoms with Gasteiger partial charge < -0.3 is 9.47 Å². The largest absolute Gasteiger partial charge is 0.494 e. The quantitative estimate of drug-likeness (QED) is 0.240. The molecular weight excluding hydrogens is 592 g/mol. The summed E-state index contributed by atoms with van der Waals surface area (Å²) in [4.78, 5) is 39.4. The average molecular weight is 614 g/mol. The standard InChI is InChI=1S/C27H22Br2N2O5/c1-2-13-35-22-10-8-21(9-11-22)31-26(33)23(25(32)30-27(31)34)15-18-14-20(29)7-12-24(18)36-16-17-3-5-19(28)6-4-17/h3-12,14-15H,2,13,16H2,1H3,(H,30,32,34)/b23-15-. The van der Waals surface area contributed by atoms with Crippen LogP contribution in [0.2, 0.25) is 0 Å². The van der Waals surface area contributed by atoms with Crippen LogP contribution in [-0.2, 0) is 16.2 Å². The molecule has 0 saturated carbocycles. The van der Waals surface area contributed by atoms with Crippen LogP contribution >= 0.6 is 31.9 Å². The maximum absolute atomic E-state index is 13.3. The molecule has 9 heteroatoms. The Bertz CT molecular complexity index is 1320. The van der Waals surface area contributed by atoms with E-state index in [0.717, 1.165) is 25.8 Å². The molecule has 0 aliphatic carbocycles. The van der Waals surface area contributed by atoms with Gasteiger partial charge in [-0.1, -0.05) is 50.9 Å². The van der Waals surface area contributed by atoms with Crippen LogP contribution in [-0.4, -0.2) is 24.5 Å². The Morgan fingerprint density at radius 2 is 1.58 bits per heavy atom. The summed E-state index contributed by atoms with van der Waals surface area (Å²) in [6.45, 7) is 2.85. The topological polar surface area (TPSA) is 84.9 Å². The van der Waals surface area contributed by atoms with E-state index in [1.165, 1.54) is 6.08 Å². The molecular formula is C27H22Br2N2O5. The van der Waals surface area contributed by atoms with Gasteiger partial charge in [-0.2, -0.15) is 0 Å². The second-order valence-electron chi connectivity index (χ2n) is 7.90. The molecule has 184 valence electrons. The molecule has 1 fully saturated rings. The molecule has 1 N–H and O–H groups in total. The van der Waals surface area contributed by atoms with Crippen molar-refractivity contribution in [2.24, 2.45) is 0 Å². The summed E-state index contributed by atoms with van der Waals surface area (Å²) in [7, 11) is 0. The molecule has 1 aliphatic heterocycles. The van der Waals surface area contributed by atoms with Gasteiger partial charge in [-0.3, -0.25) is 14.9 Å². The van der Waals surface area contributed by atoms with Crippen LogP contribution in [0.15, 0.2) is 81.2 Å². The number of carbonyl (C=O) groups is 3. The van der Waals surface area contributed by atoms with Crippen molar-refractivity contribution in [2.75, 3.05) is 11.5 Å². The minimum atomic E-state index is -0.815. The van der Waals surface area contributed by atoms with Crippen LogP contribution in [0.25, 0.3) is 6.08 Å². The first-order valence-electron chi connectivity index (χ1n) is 11.2. The summed E-state index contributed by atoms with van der Waals surface area (Å²) in [5.74, 6) is -0.401. The van der Waals surface area contributed by atoms with Crippen LogP contribution in [0.4, 0.5) is 10.5 Å². The van der Waals surface area contributed by atoms with Gasteiger partial charge in [0.2, 0.25) is 0 Å². The van der Waals surface area contributed by atoms with Gasteiger partial charge in [0, 0.05) is 14.5 Å². The lowest BCUT2D eigenvalue weighted by Gasteiger charge is -2.26. The lowest BCUT2D eigenvalue weighted by Crippen LogP contribution is -2.54. The number of halogens is 2. The number of anilines is 1. The molecule has 0 spiro atoms. The van der Waals surface area contributed by atoms with Crippen LogP contribution in [0.3, 0.4) is 0 Å². The van der Waals surface area contributed by atoms with Gasteiger partial charge in [0.05, 0.1) is 12.3 Å². The van der Waals surface area contributed by atoms with E-state index in [-0.39, 0.29) is 5.57 Å². The first-order chi connectivity index (χ1) is 17.4. The number of imide groups is 2. The van der Waals surface area contributed by atoms with Crippen LogP contribution in [0.1, 0.15) is 24.5 Å². The molecule has 3 aromatic rings. The first-order valence-corrected chi connectivity index (χ1v) is 12.8. The third-order valence-corrected chi connectivity index (χ3v) is 6.27. The highest BCUT2D eigenvalue weighted by atomic mass is 79.9. The van der Waals surface area contributed by atoms with Crippen molar-refractivity contribution in [3.8, 4) is 11.5 Å². The number of urea groups is 1. The minimum Gasteiger partial charge on any atom is -0.494 e. The summed E-state index contributed by atoms with van der Waals surface area (Å²) < 4.78 is 13.3. The van der Waals surface area contributed by atoms with E-state index < -0.39 is 17.8 Å². The Labute approximate surface area is 225 Å². The monoisotopic (exact) mass is 612 g/mol. The van der Waals surface area contributed by atoms with Crippen molar-refractivity contribution in [1.29, 1.82) is 0 Å². The third kappa shape index (κ3) is 6.03. The Morgan fingerprint density at radius 3 is 2.28 bits per heavy atom. The summed E-state index contributed by atoms with van der Waals surface area (Å²) >= 11 is 6.84. The molecule has 3 aromatic carbocycles. The van der Waals surface area contributed by atoms with Gasteiger partial charge in [0.1, 0.15) is 23.7 Å². The Morgan fingerprint density at radius 1 is 0.889 bits per heavy atom. The predicted octanol–water partition coefficient (Wildman–Crippen LogP) is 6.25. The number of rotatable bonds is 8. The molecule has 1 heterocycles. The average Bonchev–Trinajstić information content (AvgIpc) is 2.86. The summed E-state index contributed by atoms with van der Waals surface area (Å²) in [5, 5.41) is 2.25. The molecule has 1 aliphatic rings. The van der Waals surface area contributed by atoms with E-state index in [1.54, 1.807) is 42.5 Å². The van der Waals surface area contributed by atoms with Gasteiger partial charge in [-0.15, -0.1) is 0 Å². The smallest absolute Gasteiger partial charge is 0.335 e. The van der Waals surface area contributed by atoms with Gasteiger partial charge in [-0.25, -0.2) is 9.69 Å². The lowest BCUT2D eigenvalue weighted by molar-refractivity contribution is -0.122. The van der Waals surface area contributed by atoms with E-state index in [2.05, 4.69) is 37.2 Å². The molecule has 0 aromatic heterocycles. The number of barbiturate groups is 1. The fourth-order valence-corrected chi connectivity index (χ4v) is 4.11. The van der Waals surface area contributed by atoms with Crippen molar-refractivity contribution in [1.82, 2.24) is 5.32 Å². The Kier molecular flexibility index (Phi) is 8.22. The predicted molar refractivity (Wildman–Crippen MR) is 144 cm³/mol. The Balaban J connectivity index is 1.61. The van der Waals surface area contributed by atoms with Crippen molar-refractivity contribution >= 4 is 61.5 Å². The Hall–Kier alpha value is -3.43. The highest BCUT2D eigenvalue weighted by molar-refractivity contribution is 9.10. The van der Waals surface area contributed by atoms with Crippen molar-refractivity contribution < 1.29 is 23.9 Å². The van der Waals surface area contributed by atoms with Gasteiger partial charge >= 0.3 is 6.03 Å². The van der Waals surface area contributed by atoms with E-state index >= 15 is 0 Å². The van der Waals surface area contributed by atoms with Crippen molar-refractivity contribution in [3.05, 3.63) is 92.4 Å². The summed E-state index contributed by atoms with van der Waals surface area (Å²) in [6.07, 6.45) is 2.28. The zero-order valence-corrected chi connectivity index (χ0v) is 22.5. The highest BCUT2D eigenvalue weighted by Gasteiger charge is 2.37. The maximum Gasteiger partial charge on any atom is 0.335 e. The fourth-order valence-electron chi connectivity index (χ4n) is 3.46. The molecule has 0 unspecified atom stereocenters. The van der Waals surface area contributed by atoms with E-state index in [1.807, 2.05) is 31.2 Å². The molecule has 1 saturated heterocycles. The molecule has 36 heavy (non-hydrogen) atoms. The van der Waals surface area contributed by atoms with Gasteiger partial charge in [-0.05, 0) is 72.7 Å². The molecule has 4 rings (SSSR count). The highest BCUT2D eigenvalue weighted by Crippen LogP contribution is 2.29. The second-order valence-corrected chi connectivity index (χ2v) is 9.73. The summed E-state index contributed by atoms with van der Waals surface area (Å²) in [6, 6.07) is 18.7. The van der Waals surface area contributed by atoms with E-state index in [0.29, 0.717) is 36.0 Å². The van der Waals surface area contributed by atoms with Crippen LogP contribution in [0, 0.1) is 0 Å². The lowest BCUT2D eigenvalue weighted by atomic mass is 10.1. The SMILES string of the molecule is CCCOc1ccc(N2C(=O)NC(=O)/C(=C/c3cc(Br)ccc3OCc3ccc(Br)cc3)C2=O)cc1. The molecule has 7 nitrogen and oxygen atoms in total. The number of nitrogens with zero attached hydrogens (tertiary/aromatic N) is 1. The number of hydrogen-bond donors (Lipinski definition) is 1. The van der Waals surface area contributed by atoms with E-state index in [9.17, 15) is 14.4 Å². The van der Waals surface area contributed by atoms with Crippen molar-refractivity contribution in [3.63, 3.8) is 0 Å². The van der Waals surface area contributed by atoms with Crippen molar-refractivity contribution in [2.45, 2.75) is 20.0 Å². The normalized spacial score (nSPS) is 14.7. The molecule has 4 amide bonds. The summed E-state index contributed by atoms with van der Waals surface area (Å²) in [5.41, 5.74) is 1.60. The second kappa shape index (κ2) is 11.5. The zero-order valence-electron chi connectivity index (χ0n) is 19.3. The maximum atomic E-state index is 13.3.